The summed E-state index contributed by atoms with van der Waals surface area (Å²) in [6, 6.07) is 12.5. The van der Waals surface area contributed by atoms with E-state index in [1.807, 2.05) is 24.3 Å². The maximum absolute atomic E-state index is 12.5. The molecule has 0 aromatic heterocycles. The van der Waals surface area contributed by atoms with Crippen LogP contribution >= 0.6 is 0 Å². The molecular weight excluding hydrogens is 348 g/mol. The number of nitrogens with one attached hydrogen (secondary N) is 1. The van der Waals surface area contributed by atoms with Crippen molar-refractivity contribution in [1.29, 1.82) is 0 Å². The third-order valence-electron chi connectivity index (χ3n) is 4.30. The fourth-order valence-electron chi connectivity index (χ4n) is 2.94. The van der Waals surface area contributed by atoms with E-state index < -0.39 is 6.10 Å². The first kappa shape index (κ1) is 18.6. The van der Waals surface area contributed by atoms with Gasteiger partial charge in [0.2, 0.25) is 5.91 Å². The predicted octanol–water partition coefficient (Wildman–Crippen LogP) is 2.85. The highest BCUT2D eigenvalue weighted by Gasteiger charge is 2.31. The largest absolute Gasteiger partial charge is 0.493 e. The minimum atomic E-state index is -0.575. The summed E-state index contributed by atoms with van der Waals surface area (Å²) in [6.45, 7) is 1.97. The number of carbonyl (C=O) groups excluding carboxylic acids is 2. The third-order valence-corrected chi connectivity index (χ3v) is 4.30. The summed E-state index contributed by atoms with van der Waals surface area (Å²) in [5.74, 6) is 1.39. The van der Waals surface area contributed by atoms with Crippen LogP contribution in [0, 0.1) is 0 Å². The molecule has 1 heterocycles. The number of hydrogen-bond acceptors (Lipinski definition) is 5. The Morgan fingerprint density at radius 3 is 2.63 bits per heavy atom. The zero-order valence-electron chi connectivity index (χ0n) is 15.5. The first-order valence-corrected chi connectivity index (χ1v) is 8.62. The second-order valence-electron chi connectivity index (χ2n) is 6.09. The number of para-hydroxylation sites is 2. The number of nitrogens with zero attached hydrogens (tertiary/aromatic N) is 1. The van der Waals surface area contributed by atoms with Crippen LogP contribution in [0.25, 0.3) is 0 Å². The third kappa shape index (κ3) is 3.97. The molecule has 2 aromatic rings. The van der Waals surface area contributed by atoms with E-state index in [2.05, 4.69) is 5.32 Å². The molecule has 0 saturated heterocycles. The summed E-state index contributed by atoms with van der Waals surface area (Å²) in [4.78, 5) is 26.4. The Balaban J connectivity index is 1.66. The van der Waals surface area contributed by atoms with Crippen molar-refractivity contribution in [2.75, 3.05) is 31.0 Å². The van der Waals surface area contributed by atoms with E-state index in [1.165, 1.54) is 7.11 Å². The lowest BCUT2D eigenvalue weighted by molar-refractivity contribution is -0.125. The van der Waals surface area contributed by atoms with E-state index >= 15 is 0 Å². The van der Waals surface area contributed by atoms with Gasteiger partial charge in [-0.2, -0.15) is 0 Å². The fraction of sp³-hybridized carbons (Fsp3) is 0.300. The topological polar surface area (TPSA) is 77.1 Å². The first-order chi connectivity index (χ1) is 13.0. The van der Waals surface area contributed by atoms with Crippen LogP contribution in [-0.2, 0) is 9.59 Å². The zero-order valence-corrected chi connectivity index (χ0v) is 15.5. The van der Waals surface area contributed by atoms with E-state index in [-0.39, 0.29) is 24.8 Å². The first-order valence-electron chi connectivity index (χ1n) is 8.62. The standard InChI is InChI=1S/C20H22N2O5/c1-13-20(24)22(15-6-4-5-7-16(15)27-13)11-10-19(23)21-14-8-9-17(25-2)18(12-14)26-3/h4-9,12-13H,10-11H2,1-3H3,(H,21,23). The highest BCUT2D eigenvalue weighted by atomic mass is 16.5. The summed E-state index contributed by atoms with van der Waals surface area (Å²) in [7, 11) is 3.08. The van der Waals surface area contributed by atoms with Gasteiger partial charge in [0.15, 0.2) is 17.6 Å². The quantitative estimate of drug-likeness (QED) is 0.846. The smallest absolute Gasteiger partial charge is 0.267 e. The van der Waals surface area contributed by atoms with Gasteiger partial charge in [-0.25, -0.2) is 0 Å². The number of benzene rings is 2. The number of methoxy groups -OCH3 is 2. The van der Waals surface area contributed by atoms with Crippen molar-refractivity contribution in [3.05, 3.63) is 42.5 Å². The number of hydrogen-bond donors (Lipinski definition) is 1. The molecule has 7 heteroatoms. The normalized spacial score (nSPS) is 15.6. The Labute approximate surface area is 157 Å². The van der Waals surface area contributed by atoms with Crippen LogP contribution in [0.3, 0.4) is 0 Å². The van der Waals surface area contributed by atoms with Crippen LogP contribution in [0.1, 0.15) is 13.3 Å². The molecule has 142 valence electrons. The van der Waals surface area contributed by atoms with Crippen molar-refractivity contribution in [2.24, 2.45) is 0 Å². The van der Waals surface area contributed by atoms with Crippen molar-refractivity contribution >= 4 is 23.2 Å². The van der Waals surface area contributed by atoms with Crippen LogP contribution in [-0.4, -0.2) is 38.7 Å². The average Bonchev–Trinajstić information content (AvgIpc) is 2.68. The van der Waals surface area contributed by atoms with Gasteiger partial charge in [0, 0.05) is 24.7 Å². The molecule has 1 unspecified atom stereocenters. The molecular formula is C20H22N2O5. The Morgan fingerprint density at radius 1 is 1.15 bits per heavy atom. The molecule has 0 spiro atoms. The van der Waals surface area contributed by atoms with Gasteiger partial charge >= 0.3 is 0 Å². The molecule has 3 rings (SSSR count). The van der Waals surface area contributed by atoms with Crippen LogP contribution < -0.4 is 24.4 Å². The van der Waals surface area contributed by atoms with Gasteiger partial charge in [-0.05, 0) is 31.2 Å². The second-order valence-corrected chi connectivity index (χ2v) is 6.09. The summed E-state index contributed by atoms with van der Waals surface area (Å²) in [6.07, 6.45) is -0.421. The Hall–Kier alpha value is -3.22. The number of fused-ring (bicyclic) bond motifs is 1. The van der Waals surface area contributed by atoms with Crippen LogP contribution in [0.5, 0.6) is 17.2 Å². The molecule has 27 heavy (non-hydrogen) atoms. The number of ether oxygens (including phenoxy) is 3. The van der Waals surface area contributed by atoms with Crippen molar-refractivity contribution in [1.82, 2.24) is 0 Å². The second kappa shape index (κ2) is 7.99. The molecule has 1 aliphatic rings. The zero-order chi connectivity index (χ0) is 19.4. The molecule has 2 aromatic carbocycles. The van der Waals surface area contributed by atoms with E-state index in [4.69, 9.17) is 14.2 Å². The van der Waals surface area contributed by atoms with Crippen molar-refractivity contribution in [3.8, 4) is 17.2 Å². The van der Waals surface area contributed by atoms with E-state index in [0.29, 0.717) is 28.6 Å². The summed E-state index contributed by atoms with van der Waals surface area (Å²) in [5.41, 5.74) is 1.28. The Kier molecular flexibility index (Phi) is 5.49. The molecule has 0 fully saturated rings. The van der Waals surface area contributed by atoms with Crippen molar-refractivity contribution in [2.45, 2.75) is 19.4 Å². The van der Waals surface area contributed by atoms with Gasteiger partial charge < -0.3 is 24.4 Å². The molecule has 0 aliphatic carbocycles. The van der Waals surface area contributed by atoms with Gasteiger partial charge in [0.05, 0.1) is 19.9 Å². The predicted molar refractivity (Wildman–Crippen MR) is 102 cm³/mol. The van der Waals surface area contributed by atoms with Gasteiger partial charge in [0.1, 0.15) is 5.75 Å². The molecule has 1 N–H and O–H groups in total. The van der Waals surface area contributed by atoms with Crippen molar-refractivity contribution in [3.63, 3.8) is 0 Å². The maximum atomic E-state index is 12.5. The minimum Gasteiger partial charge on any atom is -0.493 e. The molecule has 2 amide bonds. The lowest BCUT2D eigenvalue weighted by Gasteiger charge is -2.32. The highest BCUT2D eigenvalue weighted by Crippen LogP contribution is 2.34. The number of rotatable bonds is 6. The van der Waals surface area contributed by atoms with Crippen molar-refractivity contribution < 1.29 is 23.8 Å². The van der Waals surface area contributed by atoms with Crippen LogP contribution in [0.2, 0.25) is 0 Å². The van der Waals surface area contributed by atoms with Gasteiger partial charge in [0.25, 0.3) is 5.91 Å². The lowest BCUT2D eigenvalue weighted by atomic mass is 10.1. The fourth-order valence-corrected chi connectivity index (χ4v) is 2.94. The number of anilines is 2. The van der Waals surface area contributed by atoms with Gasteiger partial charge in [-0.15, -0.1) is 0 Å². The summed E-state index contributed by atoms with van der Waals surface area (Å²) in [5, 5.41) is 2.81. The molecule has 7 nitrogen and oxygen atoms in total. The Morgan fingerprint density at radius 2 is 1.89 bits per heavy atom. The van der Waals surface area contributed by atoms with Crippen LogP contribution in [0.4, 0.5) is 11.4 Å². The highest BCUT2D eigenvalue weighted by molar-refractivity contribution is 6.00. The average molecular weight is 370 g/mol. The molecule has 0 radical (unpaired) electrons. The van der Waals surface area contributed by atoms with E-state index in [0.717, 1.165) is 0 Å². The van der Waals surface area contributed by atoms with Gasteiger partial charge in [-0.3, -0.25) is 9.59 Å². The molecule has 1 atom stereocenters. The SMILES string of the molecule is COc1ccc(NC(=O)CCN2C(=O)C(C)Oc3ccccc32)cc1OC. The van der Waals surface area contributed by atoms with Gasteiger partial charge in [-0.1, -0.05) is 12.1 Å². The lowest BCUT2D eigenvalue weighted by Crippen LogP contribution is -2.45. The number of carbonyl (C=O) groups is 2. The van der Waals surface area contributed by atoms with E-state index in [9.17, 15) is 9.59 Å². The van der Waals surface area contributed by atoms with E-state index in [1.54, 1.807) is 37.1 Å². The molecule has 0 bridgehead atoms. The monoisotopic (exact) mass is 370 g/mol. The summed E-state index contributed by atoms with van der Waals surface area (Å²) < 4.78 is 16.0. The Bertz CT molecular complexity index is 852. The number of amides is 2. The molecule has 0 saturated carbocycles. The summed E-state index contributed by atoms with van der Waals surface area (Å²) >= 11 is 0. The maximum Gasteiger partial charge on any atom is 0.267 e. The minimum absolute atomic E-state index is 0.154. The van der Waals surface area contributed by atoms with Crippen LogP contribution in [0.15, 0.2) is 42.5 Å². The molecule has 1 aliphatic heterocycles.